The molecule has 2 amide bonds. The molecular formula is C17H16N2O4. The van der Waals surface area contributed by atoms with Gasteiger partial charge in [-0.2, -0.15) is 0 Å². The van der Waals surface area contributed by atoms with Crippen LogP contribution in [0.5, 0.6) is 11.5 Å². The van der Waals surface area contributed by atoms with Crippen molar-refractivity contribution >= 4 is 12.0 Å². The first kappa shape index (κ1) is 14.9. The van der Waals surface area contributed by atoms with E-state index in [0.29, 0.717) is 36.6 Å². The number of hydrogen-bond donors (Lipinski definition) is 2. The number of carbonyl (C=O) groups is 2. The van der Waals surface area contributed by atoms with E-state index in [-0.39, 0.29) is 0 Å². The number of amides is 2. The third kappa shape index (κ3) is 3.26. The molecule has 0 spiro atoms. The van der Waals surface area contributed by atoms with Gasteiger partial charge < -0.3 is 20.5 Å². The molecule has 0 atom stereocenters. The van der Waals surface area contributed by atoms with Crippen LogP contribution in [0.15, 0.2) is 42.5 Å². The summed E-state index contributed by atoms with van der Waals surface area (Å²) in [7, 11) is 0. The highest BCUT2D eigenvalue weighted by molar-refractivity contribution is 5.92. The minimum absolute atomic E-state index is 0.401. The molecule has 1 aliphatic heterocycles. The SMILES string of the molecule is NC(=O)c1ccc(Oc2ccc3c(c2)CCN(C(=O)O)C3)cc1. The van der Waals surface area contributed by atoms with Crippen LogP contribution in [0.2, 0.25) is 0 Å². The van der Waals surface area contributed by atoms with Crippen molar-refractivity contribution in [1.29, 1.82) is 0 Å². The summed E-state index contributed by atoms with van der Waals surface area (Å²) in [6, 6.07) is 12.2. The predicted molar refractivity (Wildman–Crippen MR) is 83.6 cm³/mol. The molecule has 0 aliphatic carbocycles. The zero-order chi connectivity index (χ0) is 16.4. The summed E-state index contributed by atoms with van der Waals surface area (Å²) in [6.07, 6.45) is -0.232. The first-order chi connectivity index (χ1) is 11.0. The normalized spacial score (nSPS) is 13.3. The molecule has 23 heavy (non-hydrogen) atoms. The third-order valence-electron chi connectivity index (χ3n) is 3.84. The quantitative estimate of drug-likeness (QED) is 0.911. The van der Waals surface area contributed by atoms with Gasteiger partial charge >= 0.3 is 6.09 Å². The predicted octanol–water partition coefficient (Wildman–Crippen LogP) is 2.61. The van der Waals surface area contributed by atoms with Gasteiger partial charge in [-0.25, -0.2) is 4.79 Å². The Morgan fingerprint density at radius 1 is 1.04 bits per heavy atom. The highest BCUT2D eigenvalue weighted by Crippen LogP contribution is 2.27. The zero-order valence-electron chi connectivity index (χ0n) is 12.4. The number of nitrogens with two attached hydrogens (primary N) is 1. The average molecular weight is 312 g/mol. The Kier molecular flexibility index (Phi) is 3.89. The van der Waals surface area contributed by atoms with Gasteiger partial charge in [0.1, 0.15) is 11.5 Å². The molecule has 0 unspecified atom stereocenters. The fourth-order valence-electron chi connectivity index (χ4n) is 2.58. The standard InChI is InChI=1S/C17H16N2O4/c18-16(20)11-1-4-14(5-2-11)23-15-6-3-13-10-19(17(21)22)8-7-12(13)9-15/h1-6,9H,7-8,10H2,(H2,18,20)(H,21,22). The first-order valence-electron chi connectivity index (χ1n) is 7.20. The number of ether oxygens (including phenoxy) is 1. The lowest BCUT2D eigenvalue weighted by Gasteiger charge is -2.26. The van der Waals surface area contributed by atoms with Crippen molar-refractivity contribution in [2.24, 2.45) is 5.73 Å². The van der Waals surface area contributed by atoms with E-state index in [1.807, 2.05) is 18.2 Å². The van der Waals surface area contributed by atoms with E-state index in [1.165, 1.54) is 4.90 Å². The Morgan fingerprint density at radius 2 is 1.74 bits per heavy atom. The molecule has 118 valence electrons. The number of carboxylic acid groups (broad SMARTS) is 1. The fourth-order valence-corrected chi connectivity index (χ4v) is 2.58. The number of primary amides is 1. The van der Waals surface area contributed by atoms with Crippen molar-refractivity contribution in [3.05, 3.63) is 59.2 Å². The van der Waals surface area contributed by atoms with Crippen molar-refractivity contribution < 1.29 is 19.4 Å². The van der Waals surface area contributed by atoms with Gasteiger partial charge in [0.05, 0.1) is 0 Å². The fraction of sp³-hybridized carbons (Fsp3) is 0.176. The van der Waals surface area contributed by atoms with Crippen molar-refractivity contribution in [2.75, 3.05) is 6.54 Å². The summed E-state index contributed by atoms with van der Waals surface area (Å²) < 4.78 is 5.77. The largest absolute Gasteiger partial charge is 0.465 e. The zero-order valence-corrected chi connectivity index (χ0v) is 12.4. The molecule has 0 saturated heterocycles. The van der Waals surface area contributed by atoms with E-state index in [9.17, 15) is 9.59 Å². The van der Waals surface area contributed by atoms with Crippen LogP contribution in [0.25, 0.3) is 0 Å². The van der Waals surface area contributed by atoms with Gasteiger partial charge in [0, 0.05) is 18.7 Å². The second-order valence-corrected chi connectivity index (χ2v) is 5.38. The van der Waals surface area contributed by atoms with Gasteiger partial charge in [0.2, 0.25) is 5.91 Å². The molecule has 0 fully saturated rings. The molecular weight excluding hydrogens is 296 g/mol. The molecule has 1 aliphatic rings. The smallest absolute Gasteiger partial charge is 0.407 e. The van der Waals surface area contributed by atoms with E-state index in [4.69, 9.17) is 15.6 Å². The minimum atomic E-state index is -0.898. The summed E-state index contributed by atoms with van der Waals surface area (Å²) in [5.41, 5.74) is 7.71. The van der Waals surface area contributed by atoms with E-state index in [2.05, 4.69) is 0 Å². The topological polar surface area (TPSA) is 92.9 Å². The summed E-state index contributed by atoms with van der Waals surface area (Å²) in [5.74, 6) is 0.811. The third-order valence-corrected chi connectivity index (χ3v) is 3.84. The van der Waals surface area contributed by atoms with Gasteiger partial charge in [-0.15, -0.1) is 0 Å². The highest BCUT2D eigenvalue weighted by Gasteiger charge is 2.20. The minimum Gasteiger partial charge on any atom is -0.465 e. The maximum Gasteiger partial charge on any atom is 0.407 e. The Balaban J connectivity index is 1.75. The summed E-state index contributed by atoms with van der Waals surface area (Å²) >= 11 is 0. The number of carbonyl (C=O) groups excluding carboxylic acids is 1. The maximum absolute atomic E-state index is 11.0. The van der Waals surface area contributed by atoms with Gasteiger partial charge in [0.15, 0.2) is 0 Å². The molecule has 6 heteroatoms. The molecule has 2 aromatic rings. The van der Waals surface area contributed by atoms with Crippen molar-refractivity contribution in [2.45, 2.75) is 13.0 Å². The van der Waals surface area contributed by atoms with Crippen LogP contribution >= 0.6 is 0 Å². The Morgan fingerprint density at radius 3 is 2.39 bits per heavy atom. The first-order valence-corrected chi connectivity index (χ1v) is 7.20. The molecule has 6 nitrogen and oxygen atoms in total. The van der Waals surface area contributed by atoms with E-state index < -0.39 is 12.0 Å². The summed E-state index contributed by atoms with van der Waals surface area (Å²) in [6.45, 7) is 0.886. The molecule has 0 radical (unpaired) electrons. The Hall–Kier alpha value is -3.02. The molecule has 2 aromatic carbocycles. The Bertz CT molecular complexity index is 756. The van der Waals surface area contributed by atoms with Crippen LogP contribution in [-0.2, 0) is 13.0 Å². The van der Waals surface area contributed by atoms with Gasteiger partial charge in [-0.05, 0) is 53.9 Å². The molecule has 0 saturated carbocycles. The molecule has 1 heterocycles. The molecule has 3 N–H and O–H groups in total. The van der Waals surface area contributed by atoms with Crippen molar-refractivity contribution in [3.8, 4) is 11.5 Å². The number of benzene rings is 2. The van der Waals surface area contributed by atoms with Gasteiger partial charge in [-0.1, -0.05) is 6.07 Å². The van der Waals surface area contributed by atoms with Gasteiger partial charge in [0.25, 0.3) is 0 Å². The van der Waals surface area contributed by atoms with Crippen LogP contribution in [0.1, 0.15) is 21.5 Å². The van der Waals surface area contributed by atoms with Crippen LogP contribution < -0.4 is 10.5 Å². The lowest BCUT2D eigenvalue weighted by Crippen LogP contribution is -2.34. The van der Waals surface area contributed by atoms with Crippen LogP contribution in [0, 0.1) is 0 Å². The summed E-state index contributed by atoms with van der Waals surface area (Å²) in [4.78, 5) is 23.5. The lowest BCUT2D eigenvalue weighted by atomic mass is 10.00. The lowest BCUT2D eigenvalue weighted by molar-refractivity contribution is 0.1000. The number of rotatable bonds is 3. The van der Waals surface area contributed by atoms with Crippen molar-refractivity contribution in [1.82, 2.24) is 4.90 Å². The van der Waals surface area contributed by atoms with Gasteiger partial charge in [-0.3, -0.25) is 4.79 Å². The van der Waals surface area contributed by atoms with E-state index in [1.54, 1.807) is 24.3 Å². The number of hydrogen-bond acceptors (Lipinski definition) is 3. The average Bonchev–Trinajstić information content (AvgIpc) is 2.54. The molecule has 0 aromatic heterocycles. The second-order valence-electron chi connectivity index (χ2n) is 5.38. The van der Waals surface area contributed by atoms with E-state index in [0.717, 1.165) is 11.1 Å². The molecule has 3 rings (SSSR count). The number of fused-ring (bicyclic) bond motifs is 1. The number of nitrogens with zero attached hydrogens (tertiary/aromatic N) is 1. The second kappa shape index (κ2) is 6.00. The van der Waals surface area contributed by atoms with Crippen LogP contribution in [-0.4, -0.2) is 28.6 Å². The highest BCUT2D eigenvalue weighted by atomic mass is 16.5. The van der Waals surface area contributed by atoms with Crippen LogP contribution in [0.4, 0.5) is 4.79 Å². The monoisotopic (exact) mass is 312 g/mol. The Labute approximate surface area is 133 Å². The van der Waals surface area contributed by atoms with E-state index >= 15 is 0 Å². The van der Waals surface area contributed by atoms with Crippen molar-refractivity contribution in [3.63, 3.8) is 0 Å². The molecule has 0 bridgehead atoms. The van der Waals surface area contributed by atoms with Crippen LogP contribution in [0.3, 0.4) is 0 Å². The summed E-state index contributed by atoms with van der Waals surface area (Å²) in [5, 5.41) is 9.04. The maximum atomic E-state index is 11.0.